The molecule has 1 aromatic carbocycles. The summed E-state index contributed by atoms with van der Waals surface area (Å²) in [6.07, 6.45) is 0.416. The van der Waals surface area contributed by atoms with Crippen LogP contribution in [0.1, 0.15) is 44.0 Å². The van der Waals surface area contributed by atoms with E-state index in [1.54, 1.807) is 11.7 Å². The molecule has 6 nitrogen and oxygen atoms in total. The molecule has 0 saturated heterocycles. The highest BCUT2D eigenvalue weighted by atomic mass is 32.1. The lowest BCUT2D eigenvalue weighted by Gasteiger charge is -2.15. The molecular formula is C21H24N2O4S. The Kier molecular flexibility index (Phi) is 5.84. The molecule has 0 fully saturated rings. The summed E-state index contributed by atoms with van der Waals surface area (Å²) in [6.45, 7) is 6.29. The minimum absolute atomic E-state index is 0.0240. The Hall–Kier alpha value is -2.67. The Morgan fingerprint density at radius 1 is 1.36 bits per heavy atom. The van der Waals surface area contributed by atoms with Gasteiger partial charge in [-0.05, 0) is 36.6 Å². The third-order valence-corrected chi connectivity index (χ3v) is 5.59. The molecule has 1 N–H and O–H groups in total. The van der Waals surface area contributed by atoms with E-state index in [4.69, 9.17) is 14.8 Å². The Morgan fingerprint density at radius 2 is 2.11 bits per heavy atom. The molecule has 148 valence electrons. The van der Waals surface area contributed by atoms with Crippen LogP contribution >= 0.6 is 11.3 Å². The summed E-state index contributed by atoms with van der Waals surface area (Å²) < 4.78 is 6.97. The Morgan fingerprint density at radius 3 is 2.71 bits per heavy atom. The molecule has 0 saturated carbocycles. The van der Waals surface area contributed by atoms with E-state index in [1.807, 2.05) is 44.4 Å². The van der Waals surface area contributed by atoms with Gasteiger partial charge in [-0.2, -0.15) is 0 Å². The summed E-state index contributed by atoms with van der Waals surface area (Å²) in [5, 5.41) is 11.5. The van der Waals surface area contributed by atoms with E-state index >= 15 is 0 Å². The molecule has 2 aromatic heterocycles. The van der Waals surface area contributed by atoms with Crippen LogP contribution in [0.5, 0.6) is 5.75 Å². The van der Waals surface area contributed by atoms with Crippen LogP contribution in [0.25, 0.3) is 21.3 Å². The number of benzene rings is 1. The van der Waals surface area contributed by atoms with Crippen LogP contribution in [-0.4, -0.2) is 27.7 Å². The number of thiophene rings is 1. The summed E-state index contributed by atoms with van der Waals surface area (Å²) in [5.74, 6) is 0.700. The number of hydrogen-bond acceptors (Lipinski definition) is 5. The second-order valence-electron chi connectivity index (χ2n) is 7.09. The first kappa shape index (κ1) is 20.1. The fourth-order valence-electron chi connectivity index (χ4n) is 3.34. The van der Waals surface area contributed by atoms with Crippen molar-refractivity contribution in [3.63, 3.8) is 0 Å². The number of aryl methyl sites for hydroxylation is 1. The van der Waals surface area contributed by atoms with Crippen molar-refractivity contribution in [1.82, 2.24) is 9.55 Å². The number of carboxylic acids is 1. The van der Waals surface area contributed by atoms with E-state index in [-0.39, 0.29) is 17.9 Å². The number of nitrogens with zero attached hydrogens (tertiary/aromatic N) is 2. The molecule has 3 aromatic rings. The number of rotatable bonds is 7. The third kappa shape index (κ3) is 3.80. The van der Waals surface area contributed by atoms with Gasteiger partial charge in [-0.15, -0.1) is 11.3 Å². The van der Waals surface area contributed by atoms with E-state index in [2.05, 4.69) is 0 Å². The van der Waals surface area contributed by atoms with Crippen molar-refractivity contribution >= 4 is 27.5 Å². The number of ether oxygens (including phenoxy) is 1. The average molecular weight is 401 g/mol. The molecule has 7 heteroatoms. The van der Waals surface area contributed by atoms with Crippen molar-refractivity contribution in [3.05, 3.63) is 45.3 Å². The van der Waals surface area contributed by atoms with Crippen LogP contribution in [0.2, 0.25) is 0 Å². The van der Waals surface area contributed by atoms with E-state index in [1.165, 1.54) is 11.3 Å². The van der Waals surface area contributed by atoms with E-state index < -0.39 is 5.97 Å². The number of methoxy groups -OCH3 is 1. The summed E-state index contributed by atoms with van der Waals surface area (Å²) in [4.78, 5) is 29.7. The van der Waals surface area contributed by atoms with Gasteiger partial charge in [0.1, 0.15) is 16.4 Å². The maximum atomic E-state index is 13.4. The van der Waals surface area contributed by atoms with Crippen molar-refractivity contribution in [2.24, 2.45) is 0 Å². The van der Waals surface area contributed by atoms with Crippen LogP contribution in [0.4, 0.5) is 0 Å². The normalized spacial score (nSPS) is 11.3. The first-order chi connectivity index (χ1) is 13.3. The lowest BCUT2D eigenvalue weighted by molar-refractivity contribution is -0.137. The second kappa shape index (κ2) is 8.14. The monoisotopic (exact) mass is 400 g/mol. The quantitative estimate of drug-likeness (QED) is 0.634. The lowest BCUT2D eigenvalue weighted by atomic mass is 10.0. The molecular weight excluding hydrogens is 376 g/mol. The fraction of sp³-hybridized carbons (Fsp3) is 0.381. The minimum atomic E-state index is -0.863. The predicted octanol–water partition coefficient (Wildman–Crippen LogP) is 4.43. The van der Waals surface area contributed by atoms with E-state index in [9.17, 15) is 9.59 Å². The van der Waals surface area contributed by atoms with Crippen molar-refractivity contribution in [2.45, 2.75) is 46.1 Å². The highest BCUT2D eigenvalue weighted by Gasteiger charge is 2.19. The molecule has 0 unspecified atom stereocenters. The topological polar surface area (TPSA) is 81.4 Å². The predicted molar refractivity (Wildman–Crippen MR) is 112 cm³/mol. The van der Waals surface area contributed by atoms with Crippen molar-refractivity contribution in [1.29, 1.82) is 0 Å². The number of fused-ring (bicyclic) bond motifs is 1. The summed E-state index contributed by atoms with van der Waals surface area (Å²) >= 11 is 1.46. The highest BCUT2D eigenvalue weighted by Crippen LogP contribution is 2.34. The van der Waals surface area contributed by atoms with Crippen LogP contribution in [0.15, 0.2) is 28.4 Å². The van der Waals surface area contributed by atoms with Gasteiger partial charge in [-0.25, -0.2) is 4.98 Å². The van der Waals surface area contributed by atoms with Crippen LogP contribution < -0.4 is 10.3 Å². The Labute approximate surface area is 167 Å². The number of carbonyl (C=O) groups is 1. The zero-order valence-electron chi connectivity index (χ0n) is 16.5. The van der Waals surface area contributed by atoms with Crippen molar-refractivity contribution in [2.75, 3.05) is 7.11 Å². The molecule has 0 radical (unpaired) electrons. The van der Waals surface area contributed by atoms with Crippen molar-refractivity contribution in [3.8, 4) is 16.9 Å². The number of aliphatic carboxylic acids is 1. The van der Waals surface area contributed by atoms with Gasteiger partial charge in [0.2, 0.25) is 0 Å². The second-order valence-corrected chi connectivity index (χ2v) is 7.95. The van der Waals surface area contributed by atoms with Crippen molar-refractivity contribution < 1.29 is 14.6 Å². The first-order valence-corrected chi connectivity index (χ1v) is 10.1. The fourth-order valence-corrected chi connectivity index (χ4v) is 4.29. The zero-order valence-corrected chi connectivity index (χ0v) is 17.3. The molecule has 0 bridgehead atoms. The highest BCUT2D eigenvalue weighted by molar-refractivity contribution is 7.17. The molecule has 0 aliphatic heterocycles. The molecule has 0 aliphatic carbocycles. The van der Waals surface area contributed by atoms with Gasteiger partial charge in [-0.3, -0.25) is 14.2 Å². The van der Waals surface area contributed by atoms with Crippen LogP contribution in [0, 0.1) is 6.92 Å². The SMILES string of the molecule is COc1ccc(-c2csc3nc(C(C)C)n(CCCC(=O)O)c(=O)c23)cc1C. The smallest absolute Gasteiger partial charge is 0.303 e. The van der Waals surface area contributed by atoms with Gasteiger partial charge in [-0.1, -0.05) is 19.9 Å². The van der Waals surface area contributed by atoms with E-state index in [0.717, 1.165) is 22.4 Å². The average Bonchev–Trinajstić information content (AvgIpc) is 3.07. The number of hydrogen-bond donors (Lipinski definition) is 1. The minimum Gasteiger partial charge on any atom is -0.496 e. The molecule has 0 aliphatic rings. The molecule has 0 amide bonds. The Balaban J connectivity index is 2.15. The molecule has 28 heavy (non-hydrogen) atoms. The van der Waals surface area contributed by atoms with Gasteiger partial charge in [0.25, 0.3) is 5.56 Å². The maximum absolute atomic E-state index is 13.4. The standard InChI is InChI=1S/C21H24N2O4S/c1-12(2)19-22-20-18(21(26)23(19)9-5-6-17(24)25)15(11-28-20)14-7-8-16(27-4)13(3)10-14/h7-8,10-12H,5-6,9H2,1-4H3,(H,24,25). The largest absolute Gasteiger partial charge is 0.496 e. The van der Waals surface area contributed by atoms with Gasteiger partial charge in [0, 0.05) is 29.8 Å². The van der Waals surface area contributed by atoms with Gasteiger partial charge in [0.05, 0.1) is 12.5 Å². The molecule has 0 spiro atoms. The first-order valence-electron chi connectivity index (χ1n) is 9.22. The van der Waals surface area contributed by atoms with E-state index in [0.29, 0.717) is 29.0 Å². The van der Waals surface area contributed by atoms with Crippen LogP contribution in [0.3, 0.4) is 0 Å². The lowest BCUT2D eigenvalue weighted by Crippen LogP contribution is -2.26. The maximum Gasteiger partial charge on any atom is 0.303 e. The summed E-state index contributed by atoms with van der Waals surface area (Å²) in [5.41, 5.74) is 2.68. The van der Waals surface area contributed by atoms with Gasteiger partial charge in [0.15, 0.2) is 0 Å². The summed E-state index contributed by atoms with van der Waals surface area (Å²) in [7, 11) is 1.63. The summed E-state index contributed by atoms with van der Waals surface area (Å²) in [6, 6.07) is 5.85. The molecule has 0 atom stereocenters. The number of aromatic nitrogens is 2. The number of carboxylic acid groups (broad SMARTS) is 1. The zero-order chi connectivity index (χ0) is 20.4. The Bertz CT molecular complexity index is 1080. The van der Waals surface area contributed by atoms with Gasteiger partial charge < -0.3 is 9.84 Å². The van der Waals surface area contributed by atoms with Gasteiger partial charge >= 0.3 is 5.97 Å². The molecule has 3 rings (SSSR count). The van der Waals surface area contributed by atoms with Crippen LogP contribution in [-0.2, 0) is 11.3 Å². The molecule has 2 heterocycles. The third-order valence-electron chi connectivity index (χ3n) is 4.72.